The fourth-order valence-corrected chi connectivity index (χ4v) is 4.44. The molecular weight excluding hydrogens is 330 g/mol. The second-order valence-corrected chi connectivity index (χ2v) is 7.91. The minimum Gasteiger partial charge on any atom is -0.492 e. The molecule has 2 aromatic rings. The number of ether oxygens (including phenoxy) is 1. The van der Waals surface area contributed by atoms with E-state index in [4.69, 9.17) is 4.74 Å². The van der Waals surface area contributed by atoms with Gasteiger partial charge in [0.1, 0.15) is 12.4 Å². The molecule has 27 heavy (non-hydrogen) atoms. The molecule has 1 saturated carbocycles. The highest BCUT2D eigenvalue weighted by atomic mass is 16.5. The molecule has 1 heterocycles. The Labute approximate surface area is 163 Å². The van der Waals surface area contributed by atoms with Crippen LogP contribution < -0.4 is 4.74 Å². The first-order valence-electron chi connectivity index (χ1n) is 10.6. The summed E-state index contributed by atoms with van der Waals surface area (Å²) in [5.41, 5.74) is 4.13. The maximum Gasteiger partial charge on any atom is 0.119 e. The lowest BCUT2D eigenvalue weighted by molar-refractivity contribution is 0.238. The first-order valence-corrected chi connectivity index (χ1v) is 10.6. The Hall–Kier alpha value is -2.06. The van der Waals surface area contributed by atoms with Crippen molar-refractivity contribution >= 4 is 11.6 Å². The quantitative estimate of drug-likeness (QED) is 0.570. The lowest BCUT2D eigenvalue weighted by atomic mass is 9.89. The first-order chi connectivity index (χ1) is 13.4. The largest absolute Gasteiger partial charge is 0.492 e. The number of hydrogen-bond donors (Lipinski definition) is 0. The normalized spacial score (nSPS) is 18.9. The Morgan fingerprint density at radius 2 is 1.59 bits per heavy atom. The molecule has 0 amide bonds. The fourth-order valence-electron chi connectivity index (χ4n) is 4.44. The molecule has 0 bridgehead atoms. The van der Waals surface area contributed by atoms with Crippen molar-refractivity contribution in [1.29, 1.82) is 0 Å². The molecule has 0 unspecified atom stereocenters. The number of nitrogens with zero attached hydrogens (tertiary/aromatic N) is 1. The first kappa shape index (κ1) is 18.3. The Morgan fingerprint density at radius 3 is 2.30 bits per heavy atom. The third kappa shape index (κ3) is 5.01. The third-order valence-corrected chi connectivity index (χ3v) is 5.98. The predicted octanol–water partition coefficient (Wildman–Crippen LogP) is 5.89. The second kappa shape index (κ2) is 9.23. The van der Waals surface area contributed by atoms with E-state index in [1.165, 1.54) is 68.3 Å². The van der Waals surface area contributed by atoms with Crippen LogP contribution in [0.4, 0.5) is 0 Å². The summed E-state index contributed by atoms with van der Waals surface area (Å²) in [4.78, 5) is 2.50. The monoisotopic (exact) mass is 361 g/mol. The van der Waals surface area contributed by atoms with E-state index in [-0.39, 0.29) is 0 Å². The van der Waals surface area contributed by atoms with E-state index in [0.29, 0.717) is 5.92 Å². The van der Waals surface area contributed by atoms with Crippen LogP contribution in [0.1, 0.15) is 49.7 Å². The zero-order chi connectivity index (χ0) is 18.3. The molecule has 1 aliphatic heterocycles. The van der Waals surface area contributed by atoms with E-state index in [1.807, 2.05) is 0 Å². The maximum atomic E-state index is 5.99. The summed E-state index contributed by atoms with van der Waals surface area (Å²) < 4.78 is 5.99. The van der Waals surface area contributed by atoms with E-state index < -0.39 is 0 Å². The van der Waals surface area contributed by atoms with Gasteiger partial charge in [0.2, 0.25) is 0 Å². The molecule has 0 aromatic heterocycles. The highest BCUT2D eigenvalue weighted by Gasteiger charge is 2.20. The Morgan fingerprint density at radius 1 is 0.889 bits per heavy atom. The van der Waals surface area contributed by atoms with Gasteiger partial charge in [-0.2, -0.15) is 0 Å². The lowest BCUT2D eigenvalue weighted by Crippen LogP contribution is -2.25. The van der Waals surface area contributed by atoms with Gasteiger partial charge in [-0.25, -0.2) is 0 Å². The van der Waals surface area contributed by atoms with Gasteiger partial charge >= 0.3 is 0 Å². The summed E-state index contributed by atoms with van der Waals surface area (Å²) in [5, 5.41) is 0. The van der Waals surface area contributed by atoms with Crippen molar-refractivity contribution < 1.29 is 4.74 Å². The molecule has 0 radical (unpaired) electrons. The summed E-state index contributed by atoms with van der Waals surface area (Å²) in [6.45, 7) is 4.30. The molecule has 1 saturated heterocycles. The molecule has 4 rings (SSSR count). The summed E-state index contributed by atoms with van der Waals surface area (Å²) in [6.07, 6.45) is 10.4. The van der Waals surface area contributed by atoms with Crippen molar-refractivity contribution in [3.63, 3.8) is 0 Å². The zero-order valence-electron chi connectivity index (χ0n) is 16.3. The van der Waals surface area contributed by atoms with E-state index in [0.717, 1.165) is 18.9 Å². The molecule has 2 aliphatic rings. The molecule has 1 aliphatic carbocycles. The van der Waals surface area contributed by atoms with Crippen molar-refractivity contribution in [3.8, 4) is 5.75 Å². The van der Waals surface area contributed by atoms with Gasteiger partial charge in [-0.15, -0.1) is 0 Å². The third-order valence-electron chi connectivity index (χ3n) is 5.98. The molecule has 2 heteroatoms. The van der Waals surface area contributed by atoms with Crippen molar-refractivity contribution in [2.24, 2.45) is 5.92 Å². The number of benzene rings is 2. The van der Waals surface area contributed by atoms with Crippen LogP contribution in [-0.4, -0.2) is 31.1 Å². The van der Waals surface area contributed by atoms with Gasteiger partial charge in [-0.1, -0.05) is 61.4 Å². The molecule has 0 N–H and O–H groups in total. The van der Waals surface area contributed by atoms with Gasteiger partial charge in [0.25, 0.3) is 0 Å². The van der Waals surface area contributed by atoms with Crippen LogP contribution in [0.25, 0.3) is 11.6 Å². The smallest absolute Gasteiger partial charge is 0.119 e. The van der Waals surface area contributed by atoms with E-state index in [1.54, 1.807) is 0 Å². The number of likely N-dealkylation sites (tertiary alicyclic amines) is 1. The molecule has 142 valence electrons. The van der Waals surface area contributed by atoms with Gasteiger partial charge in [0.15, 0.2) is 0 Å². The van der Waals surface area contributed by atoms with Crippen molar-refractivity contribution in [1.82, 2.24) is 4.90 Å². The lowest BCUT2D eigenvalue weighted by Gasteiger charge is -2.17. The Balaban J connectivity index is 1.44. The zero-order valence-corrected chi connectivity index (χ0v) is 16.3. The van der Waals surface area contributed by atoms with Crippen LogP contribution in [0, 0.1) is 5.92 Å². The van der Waals surface area contributed by atoms with Crippen LogP contribution in [0.2, 0.25) is 0 Å². The Bertz CT molecular complexity index is 723. The molecule has 2 fully saturated rings. The van der Waals surface area contributed by atoms with Crippen molar-refractivity contribution in [2.75, 3.05) is 26.2 Å². The minimum atomic E-state index is 0.687. The SMILES string of the molecule is C(=C(\c1ccc(OCCN2CCCC2)cc1)C1CCCC1)/c1ccccc1. The Kier molecular flexibility index (Phi) is 6.26. The average molecular weight is 362 g/mol. The highest BCUT2D eigenvalue weighted by molar-refractivity contribution is 5.83. The van der Waals surface area contributed by atoms with Crippen LogP contribution >= 0.6 is 0 Å². The summed E-state index contributed by atoms with van der Waals surface area (Å²) in [5.74, 6) is 1.68. The fraction of sp³-hybridized carbons (Fsp3) is 0.440. The average Bonchev–Trinajstić information content (AvgIpc) is 3.42. The highest BCUT2D eigenvalue weighted by Crippen LogP contribution is 2.38. The van der Waals surface area contributed by atoms with E-state index in [2.05, 4.69) is 65.6 Å². The topological polar surface area (TPSA) is 12.5 Å². The van der Waals surface area contributed by atoms with Gasteiger partial charge in [-0.05, 0) is 73.5 Å². The minimum absolute atomic E-state index is 0.687. The second-order valence-electron chi connectivity index (χ2n) is 7.91. The van der Waals surface area contributed by atoms with Crippen LogP contribution in [0.3, 0.4) is 0 Å². The van der Waals surface area contributed by atoms with Gasteiger partial charge in [-0.3, -0.25) is 4.90 Å². The number of allylic oxidation sites excluding steroid dienone is 1. The van der Waals surface area contributed by atoms with Crippen LogP contribution in [0.15, 0.2) is 54.6 Å². The summed E-state index contributed by atoms with van der Waals surface area (Å²) in [6, 6.07) is 19.5. The van der Waals surface area contributed by atoms with Gasteiger partial charge in [0.05, 0.1) is 0 Å². The molecule has 2 aromatic carbocycles. The van der Waals surface area contributed by atoms with Crippen LogP contribution in [-0.2, 0) is 0 Å². The predicted molar refractivity (Wildman–Crippen MR) is 114 cm³/mol. The van der Waals surface area contributed by atoms with E-state index in [9.17, 15) is 0 Å². The molecular formula is C25H31NO. The maximum absolute atomic E-state index is 5.99. The van der Waals surface area contributed by atoms with Crippen LogP contribution in [0.5, 0.6) is 5.75 Å². The van der Waals surface area contributed by atoms with E-state index >= 15 is 0 Å². The summed E-state index contributed by atoms with van der Waals surface area (Å²) >= 11 is 0. The van der Waals surface area contributed by atoms with Gasteiger partial charge in [0, 0.05) is 6.54 Å². The number of hydrogen-bond acceptors (Lipinski definition) is 2. The van der Waals surface area contributed by atoms with Crippen molar-refractivity contribution in [3.05, 3.63) is 65.7 Å². The number of rotatable bonds is 7. The molecule has 0 spiro atoms. The van der Waals surface area contributed by atoms with Gasteiger partial charge < -0.3 is 4.74 Å². The molecule has 0 atom stereocenters. The standard InChI is InChI=1S/C25H31NO/c1-2-8-21(9-3-1)20-25(22-10-4-5-11-22)23-12-14-24(15-13-23)27-19-18-26-16-6-7-17-26/h1-3,8-9,12-15,20,22H,4-7,10-11,16-19H2/b25-20+. The van der Waals surface area contributed by atoms with Crippen molar-refractivity contribution in [2.45, 2.75) is 38.5 Å². The summed E-state index contributed by atoms with van der Waals surface area (Å²) in [7, 11) is 0. The molecule has 2 nitrogen and oxygen atoms in total.